The van der Waals surface area contributed by atoms with Crippen molar-refractivity contribution in [1.82, 2.24) is 10.2 Å². The lowest BCUT2D eigenvalue weighted by Gasteiger charge is -2.34. The van der Waals surface area contributed by atoms with Crippen LogP contribution in [-0.2, 0) is 0 Å². The van der Waals surface area contributed by atoms with Gasteiger partial charge in [-0.3, -0.25) is 4.90 Å². The van der Waals surface area contributed by atoms with E-state index in [0.717, 1.165) is 26.2 Å². The zero-order chi connectivity index (χ0) is 14.0. The van der Waals surface area contributed by atoms with E-state index in [9.17, 15) is 13.2 Å². The van der Waals surface area contributed by atoms with Gasteiger partial charge in [0.05, 0.1) is 16.2 Å². The maximum atomic E-state index is 12.8. The summed E-state index contributed by atoms with van der Waals surface area (Å²) in [5.74, 6) is 0. The number of hydrogen-bond donors (Lipinski definition) is 1. The third kappa shape index (κ3) is 4.42. The molecule has 0 radical (unpaired) electrons. The summed E-state index contributed by atoms with van der Waals surface area (Å²) in [6.07, 6.45) is -4.95. The fourth-order valence-electron chi connectivity index (χ4n) is 2.15. The Morgan fingerprint density at radius 2 is 1.95 bits per heavy atom. The van der Waals surface area contributed by atoms with Crippen LogP contribution in [0.15, 0.2) is 14.3 Å². The quantitative estimate of drug-likeness (QED) is 0.787. The van der Waals surface area contributed by atoms with Crippen molar-refractivity contribution >= 4 is 43.2 Å². The number of rotatable bonds is 3. The Morgan fingerprint density at radius 1 is 1.32 bits per heavy atom. The first-order valence-electron chi connectivity index (χ1n) is 5.83. The van der Waals surface area contributed by atoms with Crippen LogP contribution in [0.5, 0.6) is 0 Å². The van der Waals surface area contributed by atoms with Crippen molar-refractivity contribution in [2.75, 3.05) is 26.2 Å². The maximum Gasteiger partial charge on any atom is 0.390 e. The average molecular weight is 422 g/mol. The highest BCUT2D eigenvalue weighted by Gasteiger charge is 2.36. The highest BCUT2D eigenvalue weighted by atomic mass is 79.9. The summed E-state index contributed by atoms with van der Waals surface area (Å²) < 4.78 is 40.0. The van der Waals surface area contributed by atoms with Crippen molar-refractivity contribution in [3.63, 3.8) is 0 Å². The second-order valence-electron chi connectivity index (χ2n) is 4.39. The molecule has 0 unspecified atom stereocenters. The summed E-state index contributed by atoms with van der Waals surface area (Å²) in [6, 6.07) is 1.20. The lowest BCUT2D eigenvalue weighted by Crippen LogP contribution is -2.45. The van der Waals surface area contributed by atoms with Gasteiger partial charge >= 0.3 is 6.18 Å². The molecule has 2 rings (SSSR count). The summed E-state index contributed by atoms with van der Waals surface area (Å²) in [5, 5.41) is 3.16. The number of hydrogen-bond acceptors (Lipinski definition) is 3. The van der Waals surface area contributed by atoms with Gasteiger partial charge in [0, 0.05) is 35.5 Å². The predicted molar refractivity (Wildman–Crippen MR) is 77.6 cm³/mol. The third-order valence-corrected chi connectivity index (χ3v) is 6.37. The fraction of sp³-hybridized carbons (Fsp3) is 0.636. The van der Waals surface area contributed by atoms with E-state index >= 15 is 0 Å². The van der Waals surface area contributed by atoms with Gasteiger partial charge in [0.2, 0.25) is 0 Å². The molecule has 1 aromatic rings. The summed E-state index contributed by atoms with van der Waals surface area (Å²) in [7, 11) is 0. The van der Waals surface area contributed by atoms with Crippen LogP contribution in [0.1, 0.15) is 17.3 Å². The van der Waals surface area contributed by atoms with Gasteiger partial charge in [0.15, 0.2) is 0 Å². The van der Waals surface area contributed by atoms with Crippen molar-refractivity contribution in [3.8, 4) is 0 Å². The minimum absolute atomic E-state index is 0.588. The van der Waals surface area contributed by atoms with E-state index < -0.39 is 18.6 Å². The second-order valence-corrected chi connectivity index (χ2v) is 7.65. The van der Waals surface area contributed by atoms with Crippen LogP contribution in [-0.4, -0.2) is 37.3 Å². The Bertz CT molecular complexity index is 411. The van der Waals surface area contributed by atoms with Crippen LogP contribution < -0.4 is 5.32 Å². The zero-order valence-electron chi connectivity index (χ0n) is 9.94. The predicted octanol–water partition coefficient (Wildman–Crippen LogP) is 4.17. The molecular weight excluding hydrogens is 409 g/mol. The van der Waals surface area contributed by atoms with E-state index in [-0.39, 0.29) is 0 Å². The average Bonchev–Trinajstić information content (AvgIpc) is 2.66. The van der Waals surface area contributed by atoms with Gasteiger partial charge in [-0.25, -0.2) is 0 Å². The Hall–Kier alpha value is 0.370. The van der Waals surface area contributed by atoms with Crippen LogP contribution in [0.3, 0.4) is 0 Å². The van der Waals surface area contributed by atoms with Gasteiger partial charge in [0.1, 0.15) is 0 Å². The molecule has 19 heavy (non-hydrogen) atoms. The second kappa shape index (κ2) is 6.43. The zero-order valence-corrected chi connectivity index (χ0v) is 13.9. The van der Waals surface area contributed by atoms with Crippen LogP contribution in [0, 0.1) is 0 Å². The van der Waals surface area contributed by atoms with Crippen LogP contribution in [0.4, 0.5) is 13.2 Å². The summed E-state index contributed by atoms with van der Waals surface area (Å²) in [5.41, 5.74) is 0. The van der Waals surface area contributed by atoms with Crippen molar-refractivity contribution in [2.45, 2.75) is 18.6 Å². The molecule has 2 nitrogen and oxygen atoms in total. The van der Waals surface area contributed by atoms with Crippen molar-refractivity contribution in [1.29, 1.82) is 0 Å². The van der Waals surface area contributed by atoms with Crippen LogP contribution >= 0.6 is 43.2 Å². The Balaban J connectivity index is 2.22. The van der Waals surface area contributed by atoms with Gasteiger partial charge in [-0.1, -0.05) is 0 Å². The molecule has 108 valence electrons. The van der Waals surface area contributed by atoms with Crippen molar-refractivity contribution < 1.29 is 13.2 Å². The molecule has 0 bridgehead atoms. The Morgan fingerprint density at radius 3 is 2.42 bits per heavy atom. The molecule has 0 aromatic carbocycles. The molecule has 1 atom stereocenters. The van der Waals surface area contributed by atoms with E-state index in [1.165, 1.54) is 11.3 Å². The molecule has 0 amide bonds. The summed E-state index contributed by atoms with van der Waals surface area (Å²) in [4.78, 5) is 2.66. The highest BCUT2D eigenvalue weighted by molar-refractivity contribution is 9.13. The number of halogens is 5. The van der Waals surface area contributed by atoms with E-state index in [1.54, 1.807) is 6.07 Å². The molecule has 1 fully saturated rings. The molecule has 0 saturated carbocycles. The number of alkyl halides is 3. The lowest BCUT2D eigenvalue weighted by atomic mass is 10.1. The number of nitrogens with one attached hydrogen (secondary N) is 1. The monoisotopic (exact) mass is 420 g/mol. The molecular formula is C11H13Br2F3N2S. The molecule has 0 spiro atoms. The molecule has 1 N–H and O–H groups in total. The fourth-order valence-corrected chi connectivity index (χ4v) is 4.37. The minimum atomic E-state index is -4.15. The van der Waals surface area contributed by atoms with Gasteiger partial charge in [-0.05, 0) is 37.9 Å². The van der Waals surface area contributed by atoms with E-state index in [1.807, 2.05) is 4.90 Å². The molecule has 1 saturated heterocycles. The van der Waals surface area contributed by atoms with Gasteiger partial charge in [0.25, 0.3) is 0 Å². The SMILES string of the molecule is FC(F)(F)C[C@H](c1cc(Br)c(Br)s1)N1CCNCC1. The van der Waals surface area contributed by atoms with Gasteiger partial charge in [-0.2, -0.15) is 13.2 Å². The summed E-state index contributed by atoms with van der Waals surface area (Å²) in [6.45, 7) is 2.77. The van der Waals surface area contributed by atoms with Crippen LogP contribution in [0.2, 0.25) is 0 Å². The largest absolute Gasteiger partial charge is 0.390 e. The topological polar surface area (TPSA) is 15.3 Å². The standard InChI is InChI=1S/C11H13Br2F3N2S/c12-7-5-9(19-10(7)13)8(6-11(14,15)16)18-3-1-17-2-4-18/h5,8,17H,1-4,6H2/t8-/m1/s1. The molecule has 1 aromatic heterocycles. The highest BCUT2D eigenvalue weighted by Crippen LogP contribution is 2.41. The lowest BCUT2D eigenvalue weighted by molar-refractivity contribution is -0.148. The Labute approximate surface area is 130 Å². The Kier molecular flexibility index (Phi) is 5.33. The van der Waals surface area contributed by atoms with E-state index in [4.69, 9.17) is 0 Å². The molecule has 1 aliphatic heterocycles. The minimum Gasteiger partial charge on any atom is -0.314 e. The maximum absolute atomic E-state index is 12.8. The number of nitrogens with zero attached hydrogens (tertiary/aromatic N) is 1. The molecule has 8 heteroatoms. The first-order chi connectivity index (χ1) is 8.87. The van der Waals surface area contributed by atoms with Crippen molar-refractivity contribution in [2.24, 2.45) is 0 Å². The first-order valence-corrected chi connectivity index (χ1v) is 8.23. The van der Waals surface area contributed by atoms with Crippen molar-refractivity contribution in [3.05, 3.63) is 19.2 Å². The number of thiophene rings is 1. The van der Waals surface area contributed by atoms with Gasteiger partial charge in [-0.15, -0.1) is 11.3 Å². The summed E-state index contributed by atoms with van der Waals surface area (Å²) >= 11 is 8.05. The normalized spacial score (nSPS) is 19.6. The van der Waals surface area contributed by atoms with E-state index in [0.29, 0.717) is 13.1 Å². The third-order valence-electron chi connectivity index (χ3n) is 3.01. The molecule has 0 aliphatic carbocycles. The molecule has 2 heterocycles. The first kappa shape index (κ1) is 15.8. The molecule has 1 aliphatic rings. The smallest absolute Gasteiger partial charge is 0.314 e. The van der Waals surface area contributed by atoms with E-state index in [2.05, 4.69) is 37.2 Å². The number of piperazine rings is 1. The van der Waals surface area contributed by atoms with Crippen LogP contribution in [0.25, 0.3) is 0 Å². The van der Waals surface area contributed by atoms with Gasteiger partial charge < -0.3 is 5.32 Å².